The van der Waals surface area contributed by atoms with Crippen LogP contribution in [-0.2, 0) is 6.54 Å². The lowest BCUT2D eigenvalue weighted by Gasteiger charge is -2.32. The van der Waals surface area contributed by atoms with E-state index in [4.69, 9.17) is 16.3 Å². The quantitative estimate of drug-likeness (QED) is 0.413. The molecule has 0 radical (unpaired) electrons. The zero-order valence-electron chi connectivity index (χ0n) is 19.6. The molecule has 1 aliphatic heterocycles. The standard InChI is InChI=1S/C27H29ClN4O3/c1-35-25-17-23(31-27(34)30-21-9-7-20(28)8-10-21)11-12-24(25)26(33)29-22-13-15-32(16-14-22)18-19-5-3-2-4-6-19/h2-12,17,22H,13-16,18H2,1H3,(H,29,33)(H2,30,31,34). The number of rotatable bonds is 7. The highest BCUT2D eigenvalue weighted by atomic mass is 35.5. The first-order valence-corrected chi connectivity index (χ1v) is 12.0. The average Bonchev–Trinajstić information content (AvgIpc) is 2.87. The van der Waals surface area contributed by atoms with Crippen molar-refractivity contribution in [3.8, 4) is 5.75 Å². The van der Waals surface area contributed by atoms with Gasteiger partial charge in [-0.05, 0) is 54.8 Å². The molecule has 4 rings (SSSR count). The van der Waals surface area contributed by atoms with Crippen molar-refractivity contribution in [2.45, 2.75) is 25.4 Å². The predicted octanol–water partition coefficient (Wildman–Crippen LogP) is 5.39. The SMILES string of the molecule is COc1cc(NC(=O)Nc2ccc(Cl)cc2)ccc1C(=O)NC1CCN(Cc2ccccc2)CC1. The lowest BCUT2D eigenvalue weighted by atomic mass is 10.0. The minimum absolute atomic E-state index is 0.113. The Morgan fingerprint density at radius 3 is 2.29 bits per heavy atom. The van der Waals surface area contributed by atoms with E-state index in [1.807, 2.05) is 6.07 Å². The molecule has 0 bridgehead atoms. The Kier molecular flexibility index (Phi) is 8.23. The van der Waals surface area contributed by atoms with Crippen molar-refractivity contribution in [1.29, 1.82) is 0 Å². The number of ether oxygens (including phenoxy) is 1. The number of benzene rings is 3. The molecule has 182 valence electrons. The van der Waals surface area contributed by atoms with Crippen molar-refractivity contribution < 1.29 is 14.3 Å². The Bertz CT molecular complexity index is 1150. The lowest BCUT2D eigenvalue weighted by molar-refractivity contribution is 0.0906. The van der Waals surface area contributed by atoms with Gasteiger partial charge in [0.25, 0.3) is 5.91 Å². The summed E-state index contributed by atoms with van der Waals surface area (Å²) < 4.78 is 5.44. The van der Waals surface area contributed by atoms with Crippen LogP contribution in [0.4, 0.5) is 16.2 Å². The molecule has 3 aromatic rings. The molecule has 0 saturated carbocycles. The zero-order chi connectivity index (χ0) is 24.6. The van der Waals surface area contributed by atoms with Gasteiger partial charge in [-0.15, -0.1) is 0 Å². The molecule has 3 aromatic carbocycles. The molecule has 0 atom stereocenters. The fourth-order valence-corrected chi connectivity index (χ4v) is 4.25. The summed E-state index contributed by atoms with van der Waals surface area (Å²) in [5.74, 6) is 0.217. The average molecular weight is 493 g/mol. The van der Waals surface area contributed by atoms with Crippen LogP contribution in [0.3, 0.4) is 0 Å². The smallest absolute Gasteiger partial charge is 0.323 e. The zero-order valence-corrected chi connectivity index (χ0v) is 20.3. The molecule has 0 aliphatic carbocycles. The molecule has 3 amide bonds. The molecule has 7 nitrogen and oxygen atoms in total. The summed E-state index contributed by atoms with van der Waals surface area (Å²) in [7, 11) is 1.51. The molecule has 3 N–H and O–H groups in total. The number of hydrogen-bond acceptors (Lipinski definition) is 4. The maximum Gasteiger partial charge on any atom is 0.323 e. The van der Waals surface area contributed by atoms with Crippen LogP contribution in [-0.4, -0.2) is 43.1 Å². The molecule has 1 heterocycles. The summed E-state index contributed by atoms with van der Waals surface area (Å²) in [4.78, 5) is 27.7. The number of nitrogens with one attached hydrogen (secondary N) is 3. The Labute approximate surface area is 210 Å². The van der Waals surface area contributed by atoms with Gasteiger partial charge in [0.15, 0.2) is 0 Å². The number of halogens is 1. The van der Waals surface area contributed by atoms with E-state index < -0.39 is 6.03 Å². The van der Waals surface area contributed by atoms with Crippen molar-refractivity contribution in [2.75, 3.05) is 30.8 Å². The van der Waals surface area contributed by atoms with E-state index >= 15 is 0 Å². The third kappa shape index (κ3) is 6.97. The topological polar surface area (TPSA) is 82.7 Å². The van der Waals surface area contributed by atoms with Gasteiger partial charge >= 0.3 is 6.03 Å². The number of urea groups is 1. The second kappa shape index (κ2) is 11.7. The number of anilines is 2. The Balaban J connectivity index is 1.30. The molecular formula is C27H29ClN4O3. The molecule has 8 heteroatoms. The predicted molar refractivity (Wildman–Crippen MR) is 139 cm³/mol. The van der Waals surface area contributed by atoms with Gasteiger partial charge < -0.3 is 20.7 Å². The molecule has 1 saturated heterocycles. The first-order valence-electron chi connectivity index (χ1n) is 11.6. The van der Waals surface area contributed by atoms with Crippen LogP contribution in [0.5, 0.6) is 5.75 Å². The van der Waals surface area contributed by atoms with E-state index in [2.05, 4.69) is 45.1 Å². The molecule has 0 aromatic heterocycles. The summed E-state index contributed by atoms with van der Waals surface area (Å²) in [5, 5.41) is 9.21. The molecule has 0 unspecified atom stereocenters. The first kappa shape index (κ1) is 24.6. The summed E-state index contributed by atoms with van der Waals surface area (Å²) in [5.41, 5.74) is 2.86. The summed E-state index contributed by atoms with van der Waals surface area (Å²) in [6.45, 7) is 2.79. The Morgan fingerprint density at radius 2 is 1.60 bits per heavy atom. The number of piperidine rings is 1. The van der Waals surface area contributed by atoms with Crippen LogP contribution in [0.15, 0.2) is 72.8 Å². The maximum absolute atomic E-state index is 13.0. The van der Waals surface area contributed by atoms with Crippen LogP contribution in [0.2, 0.25) is 5.02 Å². The Morgan fingerprint density at radius 1 is 0.943 bits per heavy atom. The van der Waals surface area contributed by atoms with Gasteiger partial charge in [0.1, 0.15) is 5.75 Å². The Hall–Kier alpha value is -3.55. The monoisotopic (exact) mass is 492 g/mol. The number of methoxy groups -OCH3 is 1. The third-order valence-electron chi connectivity index (χ3n) is 5.98. The summed E-state index contributed by atoms with van der Waals surface area (Å²) >= 11 is 5.87. The maximum atomic E-state index is 13.0. The number of carbonyl (C=O) groups is 2. The van der Waals surface area contributed by atoms with Crippen LogP contribution < -0.4 is 20.7 Å². The van der Waals surface area contributed by atoms with E-state index in [1.54, 1.807) is 42.5 Å². The number of likely N-dealkylation sites (tertiary alicyclic amines) is 1. The first-order chi connectivity index (χ1) is 17.0. The van der Waals surface area contributed by atoms with Gasteiger partial charge in [0.05, 0.1) is 12.7 Å². The highest BCUT2D eigenvalue weighted by Crippen LogP contribution is 2.24. The highest BCUT2D eigenvalue weighted by molar-refractivity contribution is 6.30. The number of amides is 3. The third-order valence-corrected chi connectivity index (χ3v) is 6.23. The van der Waals surface area contributed by atoms with Crippen LogP contribution in [0, 0.1) is 0 Å². The molecule has 35 heavy (non-hydrogen) atoms. The van der Waals surface area contributed by atoms with E-state index in [-0.39, 0.29) is 11.9 Å². The molecule has 1 aliphatic rings. The van der Waals surface area contributed by atoms with Crippen LogP contribution in [0.1, 0.15) is 28.8 Å². The van der Waals surface area contributed by atoms with Gasteiger partial charge in [-0.2, -0.15) is 0 Å². The highest BCUT2D eigenvalue weighted by Gasteiger charge is 2.23. The van der Waals surface area contributed by atoms with E-state index in [0.717, 1.165) is 32.5 Å². The lowest BCUT2D eigenvalue weighted by Crippen LogP contribution is -2.44. The van der Waals surface area contributed by atoms with Gasteiger partial charge in [0.2, 0.25) is 0 Å². The molecule has 0 spiro atoms. The van der Waals surface area contributed by atoms with Crippen LogP contribution >= 0.6 is 11.6 Å². The number of hydrogen-bond donors (Lipinski definition) is 3. The molecular weight excluding hydrogens is 464 g/mol. The van der Waals surface area contributed by atoms with E-state index in [1.165, 1.54) is 12.7 Å². The largest absolute Gasteiger partial charge is 0.496 e. The van der Waals surface area contributed by atoms with Crippen molar-refractivity contribution in [1.82, 2.24) is 10.2 Å². The van der Waals surface area contributed by atoms with Gasteiger partial charge in [-0.1, -0.05) is 41.9 Å². The normalized spacial score (nSPS) is 14.2. The summed E-state index contributed by atoms with van der Waals surface area (Å²) in [6, 6.07) is 21.9. The van der Waals surface area contributed by atoms with Gasteiger partial charge in [0, 0.05) is 48.1 Å². The van der Waals surface area contributed by atoms with E-state index in [9.17, 15) is 9.59 Å². The van der Waals surface area contributed by atoms with Gasteiger partial charge in [-0.25, -0.2) is 4.79 Å². The minimum Gasteiger partial charge on any atom is -0.496 e. The second-order valence-electron chi connectivity index (χ2n) is 8.51. The van der Waals surface area contributed by atoms with Crippen molar-refractivity contribution in [3.63, 3.8) is 0 Å². The minimum atomic E-state index is -0.408. The van der Waals surface area contributed by atoms with E-state index in [0.29, 0.717) is 27.7 Å². The van der Waals surface area contributed by atoms with Crippen molar-refractivity contribution in [2.24, 2.45) is 0 Å². The number of carbonyl (C=O) groups excluding carboxylic acids is 2. The fourth-order valence-electron chi connectivity index (χ4n) is 4.12. The van der Waals surface area contributed by atoms with Crippen molar-refractivity contribution >= 4 is 34.9 Å². The van der Waals surface area contributed by atoms with Crippen LogP contribution in [0.25, 0.3) is 0 Å². The molecule has 1 fully saturated rings. The fraction of sp³-hybridized carbons (Fsp3) is 0.259. The summed E-state index contributed by atoms with van der Waals surface area (Å²) in [6.07, 6.45) is 1.79. The second-order valence-corrected chi connectivity index (χ2v) is 8.95. The van der Waals surface area contributed by atoms with Crippen molar-refractivity contribution in [3.05, 3.63) is 88.9 Å². The number of nitrogens with zero attached hydrogens (tertiary/aromatic N) is 1. The van der Waals surface area contributed by atoms with Gasteiger partial charge in [-0.3, -0.25) is 9.69 Å².